The number of esters is 2. The van der Waals surface area contributed by atoms with Gasteiger partial charge in [0.1, 0.15) is 16.8 Å². The van der Waals surface area contributed by atoms with Gasteiger partial charge in [-0.15, -0.1) is 0 Å². The van der Waals surface area contributed by atoms with Crippen LogP contribution < -0.4 is 10.6 Å². The minimum atomic E-state index is -4.44. The lowest BCUT2D eigenvalue weighted by Crippen LogP contribution is -2.46. The molecule has 0 unspecified atom stereocenters. The van der Waals surface area contributed by atoms with E-state index in [2.05, 4.69) is 10.6 Å². The van der Waals surface area contributed by atoms with Crippen molar-refractivity contribution in [1.29, 1.82) is 0 Å². The van der Waals surface area contributed by atoms with E-state index in [0.717, 1.165) is 35.6 Å². The van der Waals surface area contributed by atoms with Crippen LogP contribution in [0, 0.1) is 23.3 Å². The molecule has 16 heteroatoms. The van der Waals surface area contributed by atoms with Crippen molar-refractivity contribution in [1.82, 2.24) is 14.5 Å². The molecule has 2 aromatic rings. The molecule has 2 heterocycles. The second kappa shape index (κ2) is 13.6. The van der Waals surface area contributed by atoms with E-state index in [4.69, 9.17) is 9.47 Å². The van der Waals surface area contributed by atoms with Crippen molar-refractivity contribution in [3.05, 3.63) is 59.2 Å². The van der Waals surface area contributed by atoms with E-state index in [1.54, 1.807) is 0 Å². The average Bonchev–Trinajstić information content (AvgIpc) is 2.95. The van der Waals surface area contributed by atoms with Gasteiger partial charge in [-0.2, -0.15) is 4.31 Å². The first-order valence-corrected chi connectivity index (χ1v) is 14.4. The second-order valence-electron chi connectivity index (χ2n) is 9.63. The number of benzene rings is 2. The lowest BCUT2D eigenvalue weighted by molar-refractivity contribution is -0.164. The number of anilines is 1. The number of sulfonamides is 1. The molecule has 2 aliphatic heterocycles. The molecule has 1 amide bonds. The van der Waals surface area contributed by atoms with Crippen LogP contribution in [0.3, 0.4) is 0 Å². The molecule has 0 spiro atoms. The Morgan fingerprint density at radius 3 is 2.19 bits per heavy atom. The van der Waals surface area contributed by atoms with Crippen LogP contribution in [-0.2, 0) is 29.1 Å². The first-order chi connectivity index (χ1) is 19.9. The highest BCUT2D eigenvalue weighted by Crippen LogP contribution is 2.26. The van der Waals surface area contributed by atoms with Crippen LogP contribution in [0.5, 0.6) is 0 Å². The number of halogens is 4. The summed E-state index contributed by atoms with van der Waals surface area (Å²) in [6, 6.07) is 3.57. The first kappa shape index (κ1) is 31.3. The summed E-state index contributed by atoms with van der Waals surface area (Å²) in [5.41, 5.74) is -0.772. The van der Waals surface area contributed by atoms with Crippen LogP contribution >= 0.6 is 0 Å². The van der Waals surface area contributed by atoms with E-state index in [9.17, 15) is 40.4 Å². The van der Waals surface area contributed by atoms with Crippen molar-refractivity contribution in [2.24, 2.45) is 0 Å². The minimum Gasteiger partial charge on any atom is -0.460 e. The predicted molar refractivity (Wildman–Crippen MR) is 139 cm³/mol. The third-order valence-electron chi connectivity index (χ3n) is 6.67. The second-order valence-corrected chi connectivity index (χ2v) is 11.5. The molecule has 0 bridgehead atoms. The zero-order chi connectivity index (χ0) is 30.4. The third kappa shape index (κ3) is 7.81. The summed E-state index contributed by atoms with van der Waals surface area (Å²) in [5.74, 6) is -8.33. The molecule has 2 aliphatic rings. The van der Waals surface area contributed by atoms with Gasteiger partial charge in [0.15, 0.2) is 24.1 Å². The van der Waals surface area contributed by atoms with Crippen molar-refractivity contribution in [3.8, 4) is 0 Å². The number of nitrogens with one attached hydrogen (secondary N) is 2. The van der Waals surface area contributed by atoms with Crippen LogP contribution in [0.2, 0.25) is 0 Å². The van der Waals surface area contributed by atoms with Gasteiger partial charge in [0, 0.05) is 62.7 Å². The number of hydrogen-bond acceptors (Lipinski definition) is 9. The third-order valence-corrected chi connectivity index (χ3v) is 8.58. The molecule has 42 heavy (non-hydrogen) atoms. The van der Waals surface area contributed by atoms with E-state index in [1.165, 1.54) is 0 Å². The van der Waals surface area contributed by atoms with Gasteiger partial charge < -0.3 is 20.1 Å². The van der Waals surface area contributed by atoms with Crippen LogP contribution in [0.1, 0.15) is 23.2 Å². The Morgan fingerprint density at radius 1 is 0.905 bits per heavy atom. The summed E-state index contributed by atoms with van der Waals surface area (Å²) in [6.07, 6.45) is -0.485. The molecule has 11 nitrogen and oxygen atoms in total. The number of hydrogen-bond donors (Lipinski definition) is 2. The number of piperidine rings is 1. The topological polar surface area (TPSA) is 134 Å². The van der Waals surface area contributed by atoms with Crippen molar-refractivity contribution >= 4 is 33.6 Å². The van der Waals surface area contributed by atoms with Gasteiger partial charge in [0.2, 0.25) is 10.0 Å². The number of carbonyl (C=O) groups excluding carboxylic acids is 3. The van der Waals surface area contributed by atoms with E-state index < -0.39 is 74.4 Å². The molecule has 2 N–H and O–H groups in total. The fraction of sp³-hybridized carbons (Fsp3) is 0.423. The number of piperazine rings is 1. The van der Waals surface area contributed by atoms with E-state index in [1.807, 2.05) is 4.90 Å². The molecular formula is C26H28F4N4O7S. The Kier molecular flexibility index (Phi) is 10.1. The minimum absolute atomic E-state index is 0.0496. The molecule has 0 saturated carbocycles. The zero-order valence-corrected chi connectivity index (χ0v) is 23.0. The van der Waals surface area contributed by atoms with E-state index >= 15 is 0 Å². The molecule has 2 saturated heterocycles. The van der Waals surface area contributed by atoms with Gasteiger partial charge in [-0.3, -0.25) is 14.5 Å². The van der Waals surface area contributed by atoms with Crippen LogP contribution in [0.4, 0.5) is 23.2 Å². The summed E-state index contributed by atoms with van der Waals surface area (Å²) in [6.45, 7) is 2.06. The SMILES string of the molecule is O=C(CN1CCNCC1)OCC(=O)OC1CCN(S(=O)(=O)c2cc(C(=O)Nc3cc(F)c(F)c(F)c3)ccc2F)CC1. The highest BCUT2D eigenvalue weighted by atomic mass is 32.2. The van der Waals surface area contributed by atoms with Gasteiger partial charge in [-0.05, 0) is 31.0 Å². The first-order valence-electron chi connectivity index (χ1n) is 13.0. The molecule has 2 aromatic carbocycles. The number of rotatable bonds is 9. The Morgan fingerprint density at radius 2 is 1.55 bits per heavy atom. The normalized spacial score (nSPS) is 17.0. The van der Waals surface area contributed by atoms with Crippen molar-refractivity contribution < 1.29 is 49.8 Å². The maximum atomic E-state index is 14.6. The lowest BCUT2D eigenvalue weighted by atomic mass is 10.1. The molecule has 2 fully saturated rings. The number of ether oxygens (including phenoxy) is 2. The highest BCUT2D eigenvalue weighted by Gasteiger charge is 2.33. The predicted octanol–water partition coefficient (Wildman–Crippen LogP) is 1.64. The van der Waals surface area contributed by atoms with Crippen molar-refractivity contribution in [2.75, 3.05) is 57.7 Å². The Bertz CT molecular complexity index is 1420. The van der Waals surface area contributed by atoms with Crippen LogP contribution in [0.25, 0.3) is 0 Å². The Hall–Kier alpha value is -3.60. The summed E-state index contributed by atoms with van der Waals surface area (Å²) >= 11 is 0. The fourth-order valence-electron chi connectivity index (χ4n) is 4.46. The fourth-order valence-corrected chi connectivity index (χ4v) is 6.02. The highest BCUT2D eigenvalue weighted by molar-refractivity contribution is 7.89. The standard InChI is InChI=1S/C26H28F4N4O7S/c27-19-2-1-16(26(37)32-17-12-20(28)25(30)21(29)13-17)11-22(19)42(38,39)34-7-3-18(4-8-34)41-24(36)15-40-23(35)14-33-9-5-31-6-10-33/h1-2,11-13,18,31H,3-10,14-15H2,(H,32,37). The van der Waals surface area contributed by atoms with Crippen LogP contribution in [-0.4, -0.2) is 94.0 Å². The number of nitrogens with zero attached hydrogens (tertiary/aromatic N) is 2. The quantitative estimate of drug-likeness (QED) is 0.245. The lowest BCUT2D eigenvalue weighted by Gasteiger charge is -2.31. The maximum absolute atomic E-state index is 14.6. The van der Waals surface area contributed by atoms with Gasteiger partial charge in [0.25, 0.3) is 5.91 Å². The van der Waals surface area contributed by atoms with Gasteiger partial charge in [-0.1, -0.05) is 0 Å². The number of carbonyl (C=O) groups is 3. The number of amides is 1. The summed E-state index contributed by atoms with van der Waals surface area (Å²) in [5, 5.41) is 5.26. The zero-order valence-electron chi connectivity index (χ0n) is 22.2. The summed E-state index contributed by atoms with van der Waals surface area (Å²) < 4.78 is 92.3. The molecule has 0 atom stereocenters. The average molecular weight is 617 g/mol. The largest absolute Gasteiger partial charge is 0.460 e. The van der Waals surface area contributed by atoms with Gasteiger partial charge in [0.05, 0.1) is 6.54 Å². The van der Waals surface area contributed by atoms with E-state index in [-0.39, 0.29) is 38.0 Å². The van der Waals surface area contributed by atoms with Crippen molar-refractivity contribution in [3.63, 3.8) is 0 Å². The summed E-state index contributed by atoms with van der Waals surface area (Å²) in [4.78, 5) is 37.7. The Labute approximate surface area is 238 Å². The monoisotopic (exact) mass is 616 g/mol. The van der Waals surface area contributed by atoms with Crippen LogP contribution in [0.15, 0.2) is 35.2 Å². The van der Waals surface area contributed by atoms with E-state index in [0.29, 0.717) is 25.2 Å². The maximum Gasteiger partial charge on any atom is 0.344 e. The van der Waals surface area contributed by atoms with Crippen molar-refractivity contribution in [2.45, 2.75) is 23.8 Å². The van der Waals surface area contributed by atoms with Gasteiger partial charge >= 0.3 is 11.9 Å². The molecule has 228 valence electrons. The molecule has 0 aromatic heterocycles. The molecular weight excluding hydrogens is 588 g/mol. The smallest absolute Gasteiger partial charge is 0.344 e. The molecule has 0 aliphatic carbocycles. The van der Waals surface area contributed by atoms with Gasteiger partial charge in [-0.25, -0.2) is 30.8 Å². The Balaban J connectivity index is 1.30. The summed E-state index contributed by atoms with van der Waals surface area (Å²) in [7, 11) is -4.44. The molecule has 0 radical (unpaired) electrons. The molecule has 4 rings (SSSR count).